The van der Waals surface area contributed by atoms with Gasteiger partial charge in [0.25, 0.3) is 0 Å². The molecule has 2 aromatic rings. The topological polar surface area (TPSA) is 53.4 Å². The first-order valence-corrected chi connectivity index (χ1v) is 7.89. The van der Waals surface area contributed by atoms with E-state index in [1.54, 1.807) is 0 Å². The summed E-state index contributed by atoms with van der Waals surface area (Å²) in [4.78, 5) is 18.8. The van der Waals surface area contributed by atoms with E-state index in [1.807, 2.05) is 31.2 Å². The number of rotatable bonds is 6. The van der Waals surface area contributed by atoms with Crippen molar-refractivity contribution in [1.29, 1.82) is 0 Å². The summed E-state index contributed by atoms with van der Waals surface area (Å²) in [5.74, 6) is -0.951. The lowest BCUT2D eigenvalue weighted by molar-refractivity contribution is 0.0689. The SMILES string of the molecule is CCN(CC)Cc1sc(-c2ccccc2C)nc1C(=O)O. The molecule has 5 heteroatoms. The molecule has 112 valence electrons. The van der Waals surface area contributed by atoms with Crippen molar-refractivity contribution in [3.8, 4) is 10.6 Å². The highest BCUT2D eigenvalue weighted by Gasteiger charge is 2.20. The van der Waals surface area contributed by atoms with Gasteiger partial charge in [-0.2, -0.15) is 0 Å². The largest absolute Gasteiger partial charge is 0.476 e. The Hall–Kier alpha value is -1.72. The van der Waals surface area contributed by atoms with Gasteiger partial charge in [0.15, 0.2) is 5.69 Å². The summed E-state index contributed by atoms with van der Waals surface area (Å²) < 4.78 is 0. The molecule has 21 heavy (non-hydrogen) atoms. The highest BCUT2D eigenvalue weighted by molar-refractivity contribution is 7.15. The van der Waals surface area contributed by atoms with E-state index >= 15 is 0 Å². The minimum Gasteiger partial charge on any atom is -0.476 e. The molecule has 1 heterocycles. The molecule has 0 fully saturated rings. The molecule has 0 amide bonds. The fourth-order valence-electron chi connectivity index (χ4n) is 2.20. The van der Waals surface area contributed by atoms with E-state index in [4.69, 9.17) is 0 Å². The second-order valence-electron chi connectivity index (χ2n) is 4.87. The van der Waals surface area contributed by atoms with Crippen molar-refractivity contribution < 1.29 is 9.90 Å². The molecule has 0 atom stereocenters. The Bertz CT molecular complexity index is 633. The van der Waals surface area contributed by atoms with Crippen molar-refractivity contribution in [2.24, 2.45) is 0 Å². The van der Waals surface area contributed by atoms with E-state index in [0.29, 0.717) is 6.54 Å². The number of carboxylic acid groups (broad SMARTS) is 1. The van der Waals surface area contributed by atoms with E-state index in [9.17, 15) is 9.90 Å². The average Bonchev–Trinajstić information content (AvgIpc) is 2.89. The Balaban J connectivity index is 2.42. The van der Waals surface area contributed by atoms with Crippen molar-refractivity contribution in [2.75, 3.05) is 13.1 Å². The van der Waals surface area contributed by atoms with Crippen LogP contribution in [0.2, 0.25) is 0 Å². The van der Waals surface area contributed by atoms with Crippen LogP contribution in [0, 0.1) is 6.92 Å². The lowest BCUT2D eigenvalue weighted by atomic mass is 10.1. The maximum absolute atomic E-state index is 11.4. The molecule has 4 nitrogen and oxygen atoms in total. The van der Waals surface area contributed by atoms with Gasteiger partial charge < -0.3 is 5.11 Å². The lowest BCUT2D eigenvalue weighted by Crippen LogP contribution is -2.22. The first kappa shape index (κ1) is 15.7. The number of thiazole rings is 1. The monoisotopic (exact) mass is 304 g/mol. The molecule has 0 saturated carbocycles. The molecule has 1 aromatic heterocycles. The van der Waals surface area contributed by atoms with Gasteiger partial charge in [0.2, 0.25) is 0 Å². The summed E-state index contributed by atoms with van der Waals surface area (Å²) in [6, 6.07) is 7.93. The number of aromatic nitrogens is 1. The molecule has 0 aliphatic heterocycles. The zero-order valence-electron chi connectivity index (χ0n) is 12.6. The van der Waals surface area contributed by atoms with Crippen LogP contribution in [0.5, 0.6) is 0 Å². The summed E-state index contributed by atoms with van der Waals surface area (Å²) in [5, 5.41) is 10.2. The third-order valence-corrected chi connectivity index (χ3v) is 4.61. The summed E-state index contributed by atoms with van der Waals surface area (Å²) in [6.07, 6.45) is 0. The van der Waals surface area contributed by atoms with E-state index in [2.05, 4.69) is 23.7 Å². The predicted molar refractivity (Wildman–Crippen MR) is 85.9 cm³/mol. The average molecular weight is 304 g/mol. The zero-order valence-corrected chi connectivity index (χ0v) is 13.4. The predicted octanol–water partition coefficient (Wildman–Crippen LogP) is 3.66. The standard InChI is InChI=1S/C16H20N2O2S/c1-4-18(5-2)10-13-14(16(19)20)17-15(21-13)12-9-7-6-8-11(12)3/h6-9H,4-5,10H2,1-3H3,(H,19,20). The normalized spacial score (nSPS) is 11.0. The molecule has 2 rings (SSSR count). The van der Waals surface area contributed by atoms with Crippen LogP contribution in [0.15, 0.2) is 24.3 Å². The van der Waals surface area contributed by atoms with Crippen molar-refractivity contribution in [2.45, 2.75) is 27.3 Å². The summed E-state index contributed by atoms with van der Waals surface area (Å²) in [7, 11) is 0. The Morgan fingerprint density at radius 1 is 1.29 bits per heavy atom. The second-order valence-corrected chi connectivity index (χ2v) is 5.96. The Morgan fingerprint density at radius 2 is 1.95 bits per heavy atom. The Kier molecular flexibility index (Phi) is 5.09. The van der Waals surface area contributed by atoms with Gasteiger partial charge in [-0.25, -0.2) is 9.78 Å². The first-order valence-electron chi connectivity index (χ1n) is 7.08. The third kappa shape index (κ3) is 3.49. The van der Waals surface area contributed by atoms with Crippen molar-refractivity contribution in [1.82, 2.24) is 9.88 Å². The zero-order chi connectivity index (χ0) is 15.4. The first-order chi connectivity index (χ1) is 10.1. The lowest BCUT2D eigenvalue weighted by Gasteiger charge is -2.16. The number of aryl methyl sites for hydroxylation is 1. The molecule has 0 spiro atoms. The highest BCUT2D eigenvalue weighted by Crippen LogP contribution is 2.31. The molecule has 0 unspecified atom stereocenters. The van der Waals surface area contributed by atoms with Gasteiger partial charge in [-0.1, -0.05) is 38.1 Å². The van der Waals surface area contributed by atoms with Gasteiger partial charge in [0.05, 0.1) is 4.88 Å². The molecular weight excluding hydrogens is 284 g/mol. The molecule has 1 N–H and O–H groups in total. The Labute approximate surface area is 129 Å². The van der Waals surface area contributed by atoms with Gasteiger partial charge >= 0.3 is 5.97 Å². The molecule has 0 aliphatic carbocycles. The third-order valence-electron chi connectivity index (χ3n) is 3.54. The summed E-state index contributed by atoms with van der Waals surface area (Å²) >= 11 is 1.48. The summed E-state index contributed by atoms with van der Waals surface area (Å²) in [6.45, 7) is 8.60. The maximum Gasteiger partial charge on any atom is 0.355 e. The number of benzene rings is 1. The van der Waals surface area contributed by atoms with Crippen LogP contribution >= 0.6 is 11.3 Å². The second kappa shape index (κ2) is 6.83. The van der Waals surface area contributed by atoms with E-state index in [-0.39, 0.29) is 5.69 Å². The van der Waals surface area contributed by atoms with Gasteiger partial charge in [0.1, 0.15) is 5.01 Å². The van der Waals surface area contributed by atoms with Crippen LogP contribution in [0.3, 0.4) is 0 Å². The van der Waals surface area contributed by atoms with Gasteiger partial charge in [0, 0.05) is 12.1 Å². The number of carboxylic acids is 1. The van der Waals surface area contributed by atoms with Crippen LogP contribution in [0.1, 0.15) is 34.8 Å². The number of carbonyl (C=O) groups is 1. The molecule has 0 aliphatic rings. The fourth-order valence-corrected chi connectivity index (χ4v) is 3.39. The van der Waals surface area contributed by atoms with Crippen LogP contribution in [0.4, 0.5) is 0 Å². The number of hydrogen-bond donors (Lipinski definition) is 1. The van der Waals surface area contributed by atoms with Crippen LogP contribution < -0.4 is 0 Å². The van der Waals surface area contributed by atoms with Crippen molar-refractivity contribution >= 4 is 17.3 Å². The smallest absolute Gasteiger partial charge is 0.355 e. The van der Waals surface area contributed by atoms with Crippen molar-refractivity contribution in [3.63, 3.8) is 0 Å². The number of aromatic carboxylic acids is 1. The maximum atomic E-state index is 11.4. The van der Waals surface area contributed by atoms with Crippen LogP contribution in [-0.2, 0) is 6.54 Å². The van der Waals surface area contributed by atoms with Crippen LogP contribution in [-0.4, -0.2) is 34.0 Å². The van der Waals surface area contributed by atoms with Gasteiger partial charge in [-0.05, 0) is 25.6 Å². The van der Waals surface area contributed by atoms with E-state index in [1.165, 1.54) is 11.3 Å². The number of nitrogens with zero attached hydrogens (tertiary/aromatic N) is 2. The molecule has 1 aromatic carbocycles. The summed E-state index contributed by atoms with van der Waals surface area (Å²) in [5.41, 5.74) is 2.30. The minimum atomic E-state index is -0.951. The Morgan fingerprint density at radius 3 is 2.52 bits per heavy atom. The quantitative estimate of drug-likeness (QED) is 0.885. The van der Waals surface area contributed by atoms with E-state index < -0.39 is 5.97 Å². The molecule has 0 radical (unpaired) electrons. The van der Waals surface area contributed by atoms with Gasteiger partial charge in [-0.15, -0.1) is 11.3 Å². The van der Waals surface area contributed by atoms with Gasteiger partial charge in [-0.3, -0.25) is 4.90 Å². The molecule has 0 bridgehead atoms. The van der Waals surface area contributed by atoms with Crippen molar-refractivity contribution in [3.05, 3.63) is 40.4 Å². The minimum absolute atomic E-state index is 0.185. The molecular formula is C16H20N2O2S. The number of hydrogen-bond acceptors (Lipinski definition) is 4. The fraction of sp³-hybridized carbons (Fsp3) is 0.375. The van der Waals surface area contributed by atoms with E-state index in [0.717, 1.165) is 34.1 Å². The molecule has 0 saturated heterocycles. The van der Waals surface area contributed by atoms with Crippen LogP contribution in [0.25, 0.3) is 10.6 Å². The highest BCUT2D eigenvalue weighted by atomic mass is 32.1.